The predicted molar refractivity (Wildman–Crippen MR) is 96.9 cm³/mol. The average Bonchev–Trinajstić information content (AvgIpc) is 2.61. The van der Waals surface area contributed by atoms with E-state index >= 15 is 0 Å². The zero-order valence-electron chi connectivity index (χ0n) is 13.3. The van der Waals surface area contributed by atoms with E-state index in [2.05, 4.69) is 4.98 Å². The number of nitrogen functional groups attached to an aromatic ring is 1. The molecule has 0 spiro atoms. The van der Waals surface area contributed by atoms with Crippen molar-refractivity contribution in [3.63, 3.8) is 0 Å². The molecule has 130 valence electrons. The quantitative estimate of drug-likeness (QED) is 0.643. The van der Waals surface area contributed by atoms with Gasteiger partial charge in [0.15, 0.2) is 0 Å². The third-order valence-corrected chi connectivity index (χ3v) is 4.56. The van der Waals surface area contributed by atoms with Gasteiger partial charge in [0.2, 0.25) is 0 Å². The van der Waals surface area contributed by atoms with Gasteiger partial charge in [-0.2, -0.15) is 0 Å². The maximum absolute atomic E-state index is 12.6. The largest absolute Gasteiger partial charge is 0.399 e. The Balaban J connectivity index is 1.64. The van der Waals surface area contributed by atoms with E-state index in [1.165, 1.54) is 6.07 Å². The second kappa shape index (κ2) is 7.29. The van der Waals surface area contributed by atoms with Gasteiger partial charge in [0, 0.05) is 37.4 Å². The molecule has 1 aliphatic rings. The van der Waals surface area contributed by atoms with Gasteiger partial charge in [0.25, 0.3) is 11.8 Å². The Kier molecular flexibility index (Phi) is 5.11. The summed E-state index contributed by atoms with van der Waals surface area (Å²) in [6.45, 7) is 1.76. The van der Waals surface area contributed by atoms with Crippen LogP contribution in [0.2, 0.25) is 10.3 Å². The van der Waals surface area contributed by atoms with Crippen molar-refractivity contribution in [1.29, 1.82) is 0 Å². The third-order valence-electron chi connectivity index (χ3n) is 4.06. The van der Waals surface area contributed by atoms with Crippen LogP contribution < -0.4 is 5.73 Å². The predicted octanol–water partition coefficient (Wildman–Crippen LogP) is 2.57. The second-order valence-corrected chi connectivity index (χ2v) is 6.42. The van der Waals surface area contributed by atoms with Crippen molar-refractivity contribution < 1.29 is 9.59 Å². The molecule has 2 heterocycles. The molecule has 0 saturated carbocycles. The van der Waals surface area contributed by atoms with Crippen molar-refractivity contribution in [1.82, 2.24) is 14.8 Å². The number of carbonyl (C=O) groups excluding carboxylic acids is 2. The summed E-state index contributed by atoms with van der Waals surface area (Å²) in [5.41, 5.74) is 7.14. The number of amides is 2. The van der Waals surface area contributed by atoms with Crippen LogP contribution in [0.25, 0.3) is 0 Å². The summed E-state index contributed by atoms with van der Waals surface area (Å²) in [5, 5.41) is 0.318. The summed E-state index contributed by atoms with van der Waals surface area (Å²) in [5.74, 6) is -0.285. The normalized spacial score (nSPS) is 14.5. The lowest BCUT2D eigenvalue weighted by Gasteiger charge is -2.35. The summed E-state index contributed by atoms with van der Waals surface area (Å²) in [4.78, 5) is 32.3. The van der Waals surface area contributed by atoms with Gasteiger partial charge in [-0.25, -0.2) is 4.98 Å². The van der Waals surface area contributed by atoms with E-state index < -0.39 is 0 Å². The average molecular weight is 379 g/mol. The van der Waals surface area contributed by atoms with Gasteiger partial charge in [-0.15, -0.1) is 0 Å². The summed E-state index contributed by atoms with van der Waals surface area (Å²) in [6.07, 6.45) is 0. The number of anilines is 1. The molecule has 2 N–H and O–H groups in total. The molecular weight excluding hydrogens is 363 g/mol. The minimum Gasteiger partial charge on any atom is -0.399 e. The molecular formula is C17H16Cl2N4O2. The van der Waals surface area contributed by atoms with E-state index in [9.17, 15) is 9.59 Å². The van der Waals surface area contributed by atoms with Gasteiger partial charge in [-0.1, -0.05) is 23.2 Å². The number of carbonyl (C=O) groups is 2. The Morgan fingerprint density at radius 2 is 1.44 bits per heavy atom. The molecule has 2 aromatic rings. The minimum atomic E-state index is -0.214. The smallest absolute Gasteiger partial charge is 0.257 e. The van der Waals surface area contributed by atoms with Crippen LogP contribution in [0, 0.1) is 0 Å². The summed E-state index contributed by atoms with van der Waals surface area (Å²) < 4.78 is 0. The molecule has 6 nitrogen and oxygen atoms in total. The van der Waals surface area contributed by atoms with Gasteiger partial charge in [0.05, 0.1) is 5.56 Å². The number of hydrogen-bond acceptors (Lipinski definition) is 4. The molecule has 25 heavy (non-hydrogen) atoms. The molecule has 0 atom stereocenters. The lowest BCUT2D eigenvalue weighted by Crippen LogP contribution is -2.50. The molecule has 3 rings (SSSR count). The highest BCUT2D eigenvalue weighted by molar-refractivity contribution is 6.34. The SMILES string of the molecule is Nc1ccc(C(=O)N2CCN(C(=O)c3ccc(Cl)nc3Cl)CC2)cc1. The molecule has 1 aliphatic heterocycles. The highest BCUT2D eigenvalue weighted by Gasteiger charge is 2.26. The Bertz CT molecular complexity index is 803. The van der Waals surface area contributed by atoms with Gasteiger partial charge in [-0.05, 0) is 36.4 Å². The monoisotopic (exact) mass is 378 g/mol. The number of pyridine rings is 1. The molecule has 0 unspecified atom stereocenters. The number of aromatic nitrogens is 1. The first-order valence-electron chi connectivity index (χ1n) is 7.72. The zero-order chi connectivity index (χ0) is 18.0. The molecule has 1 aromatic carbocycles. The van der Waals surface area contributed by atoms with E-state index in [-0.39, 0.29) is 22.1 Å². The van der Waals surface area contributed by atoms with Gasteiger partial charge in [-0.3, -0.25) is 9.59 Å². The van der Waals surface area contributed by atoms with E-state index in [1.807, 2.05) is 0 Å². The van der Waals surface area contributed by atoms with Gasteiger partial charge < -0.3 is 15.5 Å². The minimum absolute atomic E-state index is 0.0710. The van der Waals surface area contributed by atoms with Crippen LogP contribution in [0.5, 0.6) is 0 Å². The Hall–Kier alpha value is -2.31. The lowest BCUT2D eigenvalue weighted by molar-refractivity contribution is 0.0535. The first kappa shape index (κ1) is 17.5. The number of nitrogens with two attached hydrogens (primary N) is 1. The summed E-state index contributed by atoms with van der Waals surface area (Å²) in [6, 6.07) is 9.89. The van der Waals surface area contributed by atoms with Crippen LogP contribution in [0.1, 0.15) is 20.7 Å². The molecule has 2 amide bonds. The lowest BCUT2D eigenvalue weighted by atomic mass is 10.1. The number of halogens is 2. The molecule has 1 saturated heterocycles. The Labute approximate surface area is 155 Å². The van der Waals surface area contributed by atoms with E-state index in [4.69, 9.17) is 28.9 Å². The van der Waals surface area contributed by atoms with Crippen LogP contribution >= 0.6 is 23.2 Å². The highest BCUT2D eigenvalue weighted by atomic mass is 35.5. The van der Waals surface area contributed by atoms with Crippen LogP contribution in [0.3, 0.4) is 0 Å². The molecule has 0 bridgehead atoms. The molecule has 1 fully saturated rings. The van der Waals surface area contributed by atoms with E-state index in [0.717, 1.165) is 0 Å². The van der Waals surface area contributed by atoms with Crippen molar-refractivity contribution in [2.75, 3.05) is 31.9 Å². The van der Waals surface area contributed by atoms with Crippen molar-refractivity contribution in [2.45, 2.75) is 0 Å². The van der Waals surface area contributed by atoms with Gasteiger partial charge in [0.1, 0.15) is 10.3 Å². The van der Waals surface area contributed by atoms with Crippen molar-refractivity contribution in [3.05, 3.63) is 57.8 Å². The topological polar surface area (TPSA) is 79.5 Å². The second-order valence-electron chi connectivity index (χ2n) is 5.68. The number of benzene rings is 1. The number of piperazine rings is 1. The summed E-state index contributed by atoms with van der Waals surface area (Å²) in [7, 11) is 0. The fourth-order valence-electron chi connectivity index (χ4n) is 2.66. The Morgan fingerprint density at radius 1 is 0.880 bits per heavy atom. The van der Waals surface area contributed by atoms with Crippen molar-refractivity contribution >= 4 is 40.7 Å². The summed E-state index contributed by atoms with van der Waals surface area (Å²) >= 11 is 11.8. The molecule has 1 aromatic heterocycles. The number of rotatable bonds is 2. The number of hydrogen-bond donors (Lipinski definition) is 1. The van der Waals surface area contributed by atoms with Crippen molar-refractivity contribution in [2.24, 2.45) is 0 Å². The molecule has 0 aliphatic carbocycles. The van der Waals surface area contributed by atoms with Crippen LogP contribution in [-0.2, 0) is 0 Å². The zero-order valence-corrected chi connectivity index (χ0v) is 14.8. The standard InChI is InChI=1S/C17H16Cl2N4O2/c18-14-6-5-13(15(19)21-14)17(25)23-9-7-22(8-10-23)16(24)11-1-3-12(20)4-2-11/h1-6H,7-10,20H2. The number of nitrogens with zero attached hydrogens (tertiary/aromatic N) is 3. The maximum Gasteiger partial charge on any atom is 0.257 e. The van der Waals surface area contributed by atoms with Crippen LogP contribution in [-0.4, -0.2) is 52.8 Å². The van der Waals surface area contributed by atoms with E-state index in [1.54, 1.807) is 40.1 Å². The van der Waals surface area contributed by atoms with Crippen LogP contribution in [0.4, 0.5) is 5.69 Å². The third kappa shape index (κ3) is 3.86. The van der Waals surface area contributed by atoms with E-state index in [0.29, 0.717) is 43.0 Å². The maximum atomic E-state index is 12.6. The first-order chi connectivity index (χ1) is 12.0. The van der Waals surface area contributed by atoms with Crippen LogP contribution in [0.15, 0.2) is 36.4 Å². The fourth-order valence-corrected chi connectivity index (χ4v) is 3.09. The first-order valence-corrected chi connectivity index (χ1v) is 8.47. The highest BCUT2D eigenvalue weighted by Crippen LogP contribution is 2.19. The van der Waals surface area contributed by atoms with Crippen molar-refractivity contribution in [3.8, 4) is 0 Å². The van der Waals surface area contributed by atoms with Gasteiger partial charge >= 0.3 is 0 Å². The molecule has 0 radical (unpaired) electrons. The molecule has 8 heteroatoms. The fraction of sp³-hybridized carbons (Fsp3) is 0.235. The Morgan fingerprint density at radius 3 is 2.00 bits per heavy atom.